The molecule has 3 rings (SSSR count). The molecular formula is C17H18OS. The molecule has 0 heterocycles. The van der Waals surface area contributed by atoms with Crippen LogP contribution in [0.15, 0.2) is 54.6 Å². The molecule has 0 radical (unpaired) electrons. The summed E-state index contributed by atoms with van der Waals surface area (Å²) >= 11 is 4.39. The Morgan fingerprint density at radius 2 is 1.53 bits per heavy atom. The lowest BCUT2D eigenvalue weighted by Crippen LogP contribution is -2.14. The van der Waals surface area contributed by atoms with E-state index < -0.39 is 0 Å². The van der Waals surface area contributed by atoms with Gasteiger partial charge in [0.25, 0.3) is 0 Å². The Bertz CT molecular complexity index is 529. The Labute approximate surface area is 120 Å². The quantitative estimate of drug-likeness (QED) is 0.790. The molecule has 0 N–H and O–H groups in total. The SMILES string of the molecule is SCC1(COc2ccc(-c3ccccc3)cc2)CC1. The van der Waals surface area contributed by atoms with Crippen molar-refractivity contribution in [1.82, 2.24) is 0 Å². The summed E-state index contributed by atoms with van der Waals surface area (Å²) in [7, 11) is 0. The average Bonchev–Trinajstić information content (AvgIpc) is 3.27. The van der Waals surface area contributed by atoms with Gasteiger partial charge in [0.2, 0.25) is 0 Å². The summed E-state index contributed by atoms with van der Waals surface area (Å²) in [6, 6.07) is 18.7. The number of hydrogen-bond donors (Lipinski definition) is 1. The molecule has 1 fully saturated rings. The highest BCUT2D eigenvalue weighted by Gasteiger charge is 2.42. The molecule has 1 aliphatic carbocycles. The minimum atomic E-state index is 0.348. The molecule has 2 aromatic rings. The van der Waals surface area contributed by atoms with E-state index in [1.54, 1.807) is 0 Å². The van der Waals surface area contributed by atoms with E-state index in [1.165, 1.54) is 24.0 Å². The van der Waals surface area contributed by atoms with Gasteiger partial charge in [-0.1, -0.05) is 42.5 Å². The summed E-state index contributed by atoms with van der Waals surface area (Å²) in [5, 5.41) is 0. The van der Waals surface area contributed by atoms with Gasteiger partial charge in [-0.3, -0.25) is 0 Å². The number of ether oxygens (including phenoxy) is 1. The van der Waals surface area contributed by atoms with Crippen LogP contribution in [0.4, 0.5) is 0 Å². The lowest BCUT2D eigenvalue weighted by atomic mass is 10.1. The van der Waals surface area contributed by atoms with Gasteiger partial charge in [0.1, 0.15) is 5.75 Å². The van der Waals surface area contributed by atoms with Crippen molar-refractivity contribution in [2.24, 2.45) is 5.41 Å². The van der Waals surface area contributed by atoms with Crippen LogP contribution in [0.5, 0.6) is 5.75 Å². The lowest BCUT2D eigenvalue weighted by molar-refractivity contribution is 0.251. The van der Waals surface area contributed by atoms with Gasteiger partial charge in [0, 0.05) is 5.41 Å². The van der Waals surface area contributed by atoms with Crippen LogP contribution in [0, 0.1) is 5.41 Å². The van der Waals surface area contributed by atoms with E-state index in [0.29, 0.717) is 5.41 Å². The highest BCUT2D eigenvalue weighted by molar-refractivity contribution is 7.80. The van der Waals surface area contributed by atoms with E-state index in [0.717, 1.165) is 18.1 Å². The Morgan fingerprint density at radius 3 is 2.11 bits per heavy atom. The second-order valence-electron chi connectivity index (χ2n) is 5.34. The lowest BCUT2D eigenvalue weighted by Gasteiger charge is -2.13. The standard InChI is InChI=1S/C17H18OS/c19-13-17(10-11-17)12-18-16-8-6-15(7-9-16)14-4-2-1-3-5-14/h1-9,19H,10-13H2. The molecule has 0 atom stereocenters. The number of rotatable bonds is 5. The van der Waals surface area contributed by atoms with Crippen LogP contribution in [0.25, 0.3) is 11.1 Å². The number of benzene rings is 2. The summed E-state index contributed by atoms with van der Waals surface area (Å²) in [5.74, 6) is 1.88. The van der Waals surface area contributed by atoms with Crippen LogP contribution >= 0.6 is 12.6 Å². The van der Waals surface area contributed by atoms with E-state index in [2.05, 4.69) is 61.2 Å². The third-order valence-corrected chi connectivity index (χ3v) is 4.47. The topological polar surface area (TPSA) is 9.23 Å². The summed E-state index contributed by atoms with van der Waals surface area (Å²) in [4.78, 5) is 0. The largest absolute Gasteiger partial charge is 0.493 e. The molecular weight excluding hydrogens is 252 g/mol. The Hall–Kier alpha value is -1.41. The summed E-state index contributed by atoms with van der Waals surface area (Å²) in [5.41, 5.74) is 2.81. The van der Waals surface area contributed by atoms with Crippen LogP contribution in [-0.4, -0.2) is 12.4 Å². The predicted molar refractivity (Wildman–Crippen MR) is 82.9 cm³/mol. The van der Waals surface area contributed by atoms with Crippen molar-refractivity contribution in [2.75, 3.05) is 12.4 Å². The summed E-state index contributed by atoms with van der Waals surface area (Å²) in [6.07, 6.45) is 2.50. The second-order valence-corrected chi connectivity index (χ2v) is 5.65. The first-order valence-electron chi connectivity index (χ1n) is 6.71. The molecule has 19 heavy (non-hydrogen) atoms. The van der Waals surface area contributed by atoms with Crippen molar-refractivity contribution in [3.05, 3.63) is 54.6 Å². The molecule has 98 valence electrons. The first-order chi connectivity index (χ1) is 9.31. The van der Waals surface area contributed by atoms with E-state index >= 15 is 0 Å². The second kappa shape index (κ2) is 5.30. The van der Waals surface area contributed by atoms with Gasteiger partial charge in [-0.05, 0) is 41.9 Å². The molecule has 1 nitrogen and oxygen atoms in total. The molecule has 0 spiro atoms. The molecule has 0 saturated heterocycles. The van der Waals surface area contributed by atoms with Crippen molar-refractivity contribution >= 4 is 12.6 Å². The Kier molecular flexibility index (Phi) is 3.52. The van der Waals surface area contributed by atoms with Crippen molar-refractivity contribution in [1.29, 1.82) is 0 Å². The van der Waals surface area contributed by atoms with Crippen LogP contribution in [0.3, 0.4) is 0 Å². The van der Waals surface area contributed by atoms with Crippen molar-refractivity contribution in [3.63, 3.8) is 0 Å². The highest BCUT2D eigenvalue weighted by atomic mass is 32.1. The monoisotopic (exact) mass is 270 g/mol. The zero-order chi connectivity index (χ0) is 13.1. The first-order valence-corrected chi connectivity index (χ1v) is 7.34. The Morgan fingerprint density at radius 1 is 0.895 bits per heavy atom. The van der Waals surface area contributed by atoms with Crippen molar-refractivity contribution in [2.45, 2.75) is 12.8 Å². The maximum absolute atomic E-state index is 5.87. The predicted octanol–water partition coefficient (Wildman–Crippen LogP) is 4.44. The van der Waals surface area contributed by atoms with Gasteiger partial charge in [0.05, 0.1) is 6.61 Å². The molecule has 0 amide bonds. The zero-order valence-corrected chi connectivity index (χ0v) is 11.8. The molecule has 0 aliphatic heterocycles. The van der Waals surface area contributed by atoms with E-state index in [9.17, 15) is 0 Å². The van der Waals surface area contributed by atoms with Gasteiger partial charge in [-0.25, -0.2) is 0 Å². The Balaban J connectivity index is 1.66. The van der Waals surface area contributed by atoms with Gasteiger partial charge < -0.3 is 4.74 Å². The van der Waals surface area contributed by atoms with Gasteiger partial charge >= 0.3 is 0 Å². The van der Waals surface area contributed by atoms with Crippen LogP contribution in [0.1, 0.15) is 12.8 Å². The molecule has 2 aromatic carbocycles. The third kappa shape index (κ3) is 2.95. The van der Waals surface area contributed by atoms with Gasteiger partial charge in [0.15, 0.2) is 0 Å². The van der Waals surface area contributed by atoms with Gasteiger partial charge in [-0.15, -0.1) is 0 Å². The fraction of sp³-hybridized carbons (Fsp3) is 0.294. The van der Waals surface area contributed by atoms with E-state index in [1.807, 2.05) is 6.07 Å². The zero-order valence-electron chi connectivity index (χ0n) is 10.9. The van der Waals surface area contributed by atoms with Crippen molar-refractivity contribution < 1.29 is 4.74 Å². The maximum atomic E-state index is 5.87. The van der Waals surface area contributed by atoms with Crippen LogP contribution in [-0.2, 0) is 0 Å². The summed E-state index contributed by atoms with van der Waals surface area (Å²) < 4.78 is 5.87. The summed E-state index contributed by atoms with van der Waals surface area (Å²) in [6.45, 7) is 0.793. The fourth-order valence-electron chi connectivity index (χ4n) is 2.14. The molecule has 1 aliphatic rings. The highest BCUT2D eigenvalue weighted by Crippen LogP contribution is 2.46. The minimum Gasteiger partial charge on any atom is -0.493 e. The molecule has 2 heteroatoms. The van der Waals surface area contributed by atoms with E-state index in [4.69, 9.17) is 4.74 Å². The number of thiol groups is 1. The smallest absolute Gasteiger partial charge is 0.119 e. The molecule has 0 unspecified atom stereocenters. The number of hydrogen-bond acceptors (Lipinski definition) is 2. The van der Waals surface area contributed by atoms with Crippen LogP contribution < -0.4 is 4.74 Å². The average molecular weight is 270 g/mol. The van der Waals surface area contributed by atoms with Gasteiger partial charge in [-0.2, -0.15) is 12.6 Å². The minimum absolute atomic E-state index is 0.348. The molecule has 0 bridgehead atoms. The third-order valence-electron chi connectivity index (χ3n) is 3.80. The van der Waals surface area contributed by atoms with Crippen molar-refractivity contribution in [3.8, 4) is 16.9 Å². The van der Waals surface area contributed by atoms with E-state index in [-0.39, 0.29) is 0 Å². The normalized spacial score (nSPS) is 16.1. The molecule has 0 aromatic heterocycles. The first kappa shape index (κ1) is 12.6. The van der Waals surface area contributed by atoms with Crippen LogP contribution in [0.2, 0.25) is 0 Å². The maximum Gasteiger partial charge on any atom is 0.119 e. The molecule has 1 saturated carbocycles. The fourth-order valence-corrected chi connectivity index (χ4v) is 2.54.